The highest BCUT2D eigenvalue weighted by Gasteiger charge is 2.30. The second-order valence-corrected chi connectivity index (χ2v) is 5.78. The van der Waals surface area contributed by atoms with Crippen molar-refractivity contribution < 1.29 is 4.42 Å². The molecular formula is C17H19N3O. The van der Waals surface area contributed by atoms with Gasteiger partial charge in [0.25, 0.3) is 0 Å². The smallest absolute Gasteiger partial charge is 0.142 e. The van der Waals surface area contributed by atoms with Gasteiger partial charge in [0.1, 0.15) is 29.1 Å². The van der Waals surface area contributed by atoms with E-state index in [2.05, 4.69) is 28.9 Å². The van der Waals surface area contributed by atoms with E-state index in [1.165, 1.54) is 0 Å². The molecule has 2 unspecified atom stereocenters. The molecule has 0 bridgehead atoms. The number of piperidine rings is 1. The van der Waals surface area contributed by atoms with Crippen molar-refractivity contribution in [3.05, 3.63) is 47.5 Å². The van der Waals surface area contributed by atoms with E-state index in [9.17, 15) is 0 Å². The van der Waals surface area contributed by atoms with E-state index < -0.39 is 0 Å². The Balaban J connectivity index is 1.96. The van der Waals surface area contributed by atoms with Gasteiger partial charge in [0.05, 0.1) is 6.04 Å². The number of rotatable bonds is 2. The highest BCUT2D eigenvalue weighted by atomic mass is 16.3. The van der Waals surface area contributed by atoms with Gasteiger partial charge < -0.3 is 9.32 Å². The average molecular weight is 281 g/mol. The Morgan fingerprint density at radius 3 is 2.90 bits per heavy atom. The molecule has 3 heterocycles. The molecule has 3 rings (SSSR count). The highest BCUT2D eigenvalue weighted by Crippen LogP contribution is 2.37. The first-order valence-corrected chi connectivity index (χ1v) is 7.37. The van der Waals surface area contributed by atoms with Gasteiger partial charge in [-0.2, -0.15) is 5.26 Å². The van der Waals surface area contributed by atoms with Crippen LogP contribution in [0.1, 0.15) is 43.0 Å². The summed E-state index contributed by atoms with van der Waals surface area (Å²) < 4.78 is 5.85. The standard InChI is InChI=1S/C17H19N3O/c1-12-8-9-20(17-5-3-4-14(11-18)19-17)15(10-12)16-7-6-13(2)21-16/h3-7,12,15H,8-10H2,1-2H3. The van der Waals surface area contributed by atoms with Crippen molar-refractivity contribution in [1.29, 1.82) is 5.26 Å². The minimum atomic E-state index is 0.198. The molecule has 0 amide bonds. The molecule has 0 N–H and O–H groups in total. The van der Waals surface area contributed by atoms with Crippen LogP contribution in [0.3, 0.4) is 0 Å². The Morgan fingerprint density at radius 1 is 1.33 bits per heavy atom. The molecule has 0 spiro atoms. The van der Waals surface area contributed by atoms with Gasteiger partial charge in [-0.1, -0.05) is 13.0 Å². The maximum atomic E-state index is 9.04. The zero-order valence-electron chi connectivity index (χ0n) is 12.4. The second-order valence-electron chi connectivity index (χ2n) is 5.78. The van der Waals surface area contributed by atoms with Crippen molar-refractivity contribution in [2.24, 2.45) is 5.92 Å². The van der Waals surface area contributed by atoms with Crippen LogP contribution in [0.15, 0.2) is 34.7 Å². The Hall–Kier alpha value is -2.28. The first-order chi connectivity index (χ1) is 10.2. The molecule has 2 atom stereocenters. The minimum absolute atomic E-state index is 0.198. The average Bonchev–Trinajstić information content (AvgIpc) is 2.94. The number of pyridine rings is 1. The van der Waals surface area contributed by atoms with Gasteiger partial charge in [-0.15, -0.1) is 0 Å². The molecule has 1 fully saturated rings. The van der Waals surface area contributed by atoms with Crippen molar-refractivity contribution in [3.63, 3.8) is 0 Å². The van der Waals surface area contributed by atoms with E-state index in [0.717, 1.165) is 36.7 Å². The normalized spacial score (nSPS) is 22.0. The summed E-state index contributed by atoms with van der Waals surface area (Å²) in [7, 11) is 0. The number of aryl methyl sites for hydroxylation is 1. The van der Waals surface area contributed by atoms with Crippen molar-refractivity contribution in [2.75, 3.05) is 11.4 Å². The monoisotopic (exact) mass is 281 g/mol. The van der Waals surface area contributed by atoms with Gasteiger partial charge in [-0.05, 0) is 49.9 Å². The lowest BCUT2D eigenvalue weighted by Crippen LogP contribution is -2.36. The van der Waals surface area contributed by atoms with Crippen molar-refractivity contribution in [3.8, 4) is 6.07 Å². The van der Waals surface area contributed by atoms with Crippen LogP contribution in [-0.2, 0) is 0 Å². The molecule has 1 saturated heterocycles. The van der Waals surface area contributed by atoms with Gasteiger partial charge >= 0.3 is 0 Å². The Labute approximate surface area is 125 Å². The molecule has 0 radical (unpaired) electrons. The first kappa shape index (κ1) is 13.7. The summed E-state index contributed by atoms with van der Waals surface area (Å²) >= 11 is 0. The molecule has 2 aromatic heterocycles. The number of aromatic nitrogens is 1. The van der Waals surface area contributed by atoms with Crippen molar-refractivity contribution in [1.82, 2.24) is 4.98 Å². The van der Waals surface area contributed by atoms with Crippen LogP contribution >= 0.6 is 0 Å². The first-order valence-electron chi connectivity index (χ1n) is 7.37. The number of anilines is 1. The van der Waals surface area contributed by atoms with E-state index in [4.69, 9.17) is 9.68 Å². The quantitative estimate of drug-likeness (QED) is 0.839. The molecule has 21 heavy (non-hydrogen) atoms. The maximum absolute atomic E-state index is 9.04. The number of furan rings is 1. The van der Waals surface area contributed by atoms with Crippen LogP contribution in [0.25, 0.3) is 0 Å². The fourth-order valence-corrected chi connectivity index (χ4v) is 2.96. The molecular weight excluding hydrogens is 262 g/mol. The summed E-state index contributed by atoms with van der Waals surface area (Å²) in [5.74, 6) is 3.45. The van der Waals surface area contributed by atoms with Gasteiger partial charge in [-0.3, -0.25) is 0 Å². The number of hydrogen-bond donors (Lipinski definition) is 0. The van der Waals surface area contributed by atoms with Gasteiger partial charge in [0.15, 0.2) is 0 Å². The zero-order valence-corrected chi connectivity index (χ0v) is 12.4. The van der Waals surface area contributed by atoms with Crippen LogP contribution in [0.2, 0.25) is 0 Å². The van der Waals surface area contributed by atoms with E-state index in [0.29, 0.717) is 11.6 Å². The van der Waals surface area contributed by atoms with Gasteiger partial charge in [0.2, 0.25) is 0 Å². The number of nitriles is 1. The largest absolute Gasteiger partial charge is 0.464 e. The molecule has 2 aromatic rings. The Kier molecular flexibility index (Phi) is 3.66. The molecule has 0 aromatic carbocycles. The van der Waals surface area contributed by atoms with Crippen molar-refractivity contribution >= 4 is 5.82 Å². The molecule has 0 saturated carbocycles. The minimum Gasteiger partial charge on any atom is -0.464 e. The van der Waals surface area contributed by atoms with Crippen LogP contribution in [0, 0.1) is 24.2 Å². The summed E-state index contributed by atoms with van der Waals surface area (Å²) in [4.78, 5) is 6.71. The highest BCUT2D eigenvalue weighted by molar-refractivity contribution is 5.44. The molecule has 1 aliphatic heterocycles. The molecule has 1 aliphatic rings. The zero-order chi connectivity index (χ0) is 14.8. The third kappa shape index (κ3) is 2.78. The van der Waals surface area contributed by atoms with Crippen LogP contribution in [0.4, 0.5) is 5.82 Å². The third-order valence-electron chi connectivity index (χ3n) is 4.10. The molecule has 4 heteroatoms. The fourth-order valence-electron chi connectivity index (χ4n) is 2.96. The summed E-state index contributed by atoms with van der Waals surface area (Å²) in [6.45, 7) is 5.18. The van der Waals surface area contributed by atoms with Crippen molar-refractivity contribution in [2.45, 2.75) is 32.7 Å². The second kappa shape index (κ2) is 5.61. The van der Waals surface area contributed by atoms with E-state index in [1.54, 1.807) is 6.07 Å². The summed E-state index contributed by atoms with van der Waals surface area (Å²) in [6.07, 6.45) is 2.18. The summed E-state index contributed by atoms with van der Waals surface area (Å²) in [6, 6.07) is 12.0. The lowest BCUT2D eigenvalue weighted by atomic mass is 9.91. The SMILES string of the molecule is Cc1ccc(C2CC(C)CCN2c2cccc(C#N)n2)o1. The maximum Gasteiger partial charge on any atom is 0.142 e. The predicted molar refractivity (Wildman–Crippen MR) is 80.9 cm³/mol. The summed E-state index contributed by atoms with van der Waals surface area (Å²) in [5, 5.41) is 9.04. The molecule has 0 aliphatic carbocycles. The Morgan fingerprint density at radius 2 is 2.19 bits per heavy atom. The summed E-state index contributed by atoms with van der Waals surface area (Å²) in [5.41, 5.74) is 0.459. The number of nitrogens with zero attached hydrogens (tertiary/aromatic N) is 3. The van der Waals surface area contributed by atoms with E-state index in [1.807, 2.05) is 25.1 Å². The number of hydrogen-bond acceptors (Lipinski definition) is 4. The van der Waals surface area contributed by atoms with E-state index >= 15 is 0 Å². The van der Waals surface area contributed by atoms with Crippen LogP contribution in [0.5, 0.6) is 0 Å². The molecule has 108 valence electrons. The molecule has 4 nitrogen and oxygen atoms in total. The van der Waals surface area contributed by atoms with Crippen LogP contribution in [-0.4, -0.2) is 11.5 Å². The van der Waals surface area contributed by atoms with Gasteiger partial charge in [-0.25, -0.2) is 4.98 Å². The predicted octanol–water partition coefficient (Wildman–Crippen LogP) is 3.83. The lowest BCUT2D eigenvalue weighted by molar-refractivity contribution is 0.323. The van der Waals surface area contributed by atoms with E-state index in [-0.39, 0.29) is 6.04 Å². The fraction of sp³-hybridized carbons (Fsp3) is 0.412. The lowest BCUT2D eigenvalue weighted by Gasteiger charge is -2.38. The third-order valence-corrected chi connectivity index (χ3v) is 4.10. The Bertz CT molecular complexity index is 671. The topological polar surface area (TPSA) is 53.1 Å². The van der Waals surface area contributed by atoms with Gasteiger partial charge in [0, 0.05) is 6.54 Å². The van der Waals surface area contributed by atoms with Crippen LogP contribution < -0.4 is 4.90 Å².